The lowest BCUT2D eigenvalue weighted by atomic mass is 10.2. The van der Waals surface area contributed by atoms with E-state index in [1.807, 2.05) is 36.9 Å². The smallest absolute Gasteiger partial charge is 0.242 e. The fourth-order valence-corrected chi connectivity index (χ4v) is 4.80. The summed E-state index contributed by atoms with van der Waals surface area (Å²) in [6.07, 6.45) is 1.02. The van der Waals surface area contributed by atoms with Gasteiger partial charge in [0.2, 0.25) is 5.91 Å². The van der Waals surface area contributed by atoms with Gasteiger partial charge in [0.1, 0.15) is 0 Å². The van der Waals surface area contributed by atoms with E-state index in [0.717, 1.165) is 57.9 Å². The zero-order chi connectivity index (χ0) is 23.5. The van der Waals surface area contributed by atoms with Crippen LogP contribution in [0.2, 0.25) is 0 Å². The fraction of sp³-hybridized carbons (Fsp3) is 0.520. The van der Waals surface area contributed by atoms with Crippen molar-refractivity contribution in [3.63, 3.8) is 0 Å². The summed E-state index contributed by atoms with van der Waals surface area (Å²) in [4.78, 5) is 20.8. The van der Waals surface area contributed by atoms with Crippen molar-refractivity contribution in [1.82, 2.24) is 20.0 Å². The molecule has 8 heteroatoms. The van der Waals surface area contributed by atoms with Gasteiger partial charge < -0.3 is 19.9 Å². The number of thiocarbonyl (C=S) groups is 1. The largest absolute Gasteiger partial charge is 0.379 e. The molecule has 0 saturated carbocycles. The third-order valence-electron chi connectivity index (χ3n) is 5.75. The van der Waals surface area contributed by atoms with Crippen molar-refractivity contribution >= 4 is 34.6 Å². The molecule has 1 aromatic heterocycles. The van der Waals surface area contributed by atoms with E-state index in [2.05, 4.69) is 44.8 Å². The molecule has 1 aromatic carbocycles. The van der Waals surface area contributed by atoms with Gasteiger partial charge in [-0.2, -0.15) is 0 Å². The van der Waals surface area contributed by atoms with Crippen LogP contribution in [0.25, 0.3) is 0 Å². The molecule has 0 bridgehead atoms. The SMILES string of the molecule is CC(C)N(Cc1ccccc1)C(=O)CNC(=S)N(CCCN1CCOCC1)Cc1cccs1. The number of carbonyl (C=O) groups excluding carboxylic acids is 1. The number of ether oxygens (including phenoxy) is 1. The van der Waals surface area contributed by atoms with E-state index in [-0.39, 0.29) is 18.5 Å². The van der Waals surface area contributed by atoms with Gasteiger partial charge in [0.15, 0.2) is 5.11 Å². The molecule has 1 fully saturated rings. The summed E-state index contributed by atoms with van der Waals surface area (Å²) < 4.78 is 5.45. The third kappa shape index (κ3) is 8.70. The molecule has 0 atom stereocenters. The average molecular weight is 489 g/mol. The molecule has 1 saturated heterocycles. The minimum Gasteiger partial charge on any atom is -0.379 e. The van der Waals surface area contributed by atoms with Crippen LogP contribution in [-0.4, -0.2) is 77.7 Å². The predicted octanol–water partition coefficient (Wildman–Crippen LogP) is 3.58. The zero-order valence-electron chi connectivity index (χ0n) is 19.7. The Hall–Kier alpha value is -2.00. The quantitative estimate of drug-likeness (QED) is 0.488. The number of benzene rings is 1. The van der Waals surface area contributed by atoms with Gasteiger partial charge in [-0.05, 0) is 49.5 Å². The molecule has 3 rings (SSSR count). The highest BCUT2D eigenvalue weighted by Crippen LogP contribution is 2.13. The third-order valence-corrected chi connectivity index (χ3v) is 7.01. The number of nitrogens with one attached hydrogen (secondary N) is 1. The Balaban J connectivity index is 1.53. The maximum atomic E-state index is 13.0. The second-order valence-corrected chi connectivity index (χ2v) is 9.99. The topological polar surface area (TPSA) is 48.1 Å². The highest BCUT2D eigenvalue weighted by atomic mass is 32.1. The Morgan fingerprint density at radius 1 is 1.15 bits per heavy atom. The highest BCUT2D eigenvalue weighted by Gasteiger charge is 2.19. The van der Waals surface area contributed by atoms with Crippen LogP contribution in [0.5, 0.6) is 0 Å². The van der Waals surface area contributed by atoms with Crippen molar-refractivity contribution in [2.75, 3.05) is 45.9 Å². The van der Waals surface area contributed by atoms with Crippen molar-refractivity contribution in [1.29, 1.82) is 0 Å². The summed E-state index contributed by atoms with van der Waals surface area (Å²) in [5, 5.41) is 5.97. The second kappa shape index (κ2) is 13.6. The lowest BCUT2D eigenvalue weighted by Crippen LogP contribution is -2.47. The van der Waals surface area contributed by atoms with Gasteiger partial charge in [-0.1, -0.05) is 36.4 Å². The van der Waals surface area contributed by atoms with Crippen molar-refractivity contribution < 1.29 is 9.53 Å². The van der Waals surface area contributed by atoms with Gasteiger partial charge in [-0.3, -0.25) is 9.69 Å². The molecule has 0 unspecified atom stereocenters. The standard InChI is InChI=1S/C25H36N4O2S2/c1-21(2)29(19-22-8-4-3-5-9-22)24(30)18-26-25(32)28(20-23-10-6-17-33-23)12-7-11-27-13-15-31-16-14-27/h3-6,8-10,17,21H,7,11-16,18-20H2,1-2H3,(H,26,32). The number of thiophene rings is 1. The van der Waals surface area contributed by atoms with E-state index in [1.165, 1.54) is 4.88 Å². The Morgan fingerprint density at radius 2 is 1.91 bits per heavy atom. The molecule has 1 aliphatic heterocycles. The molecule has 1 aliphatic rings. The summed E-state index contributed by atoms with van der Waals surface area (Å²) in [7, 11) is 0. The molecule has 180 valence electrons. The number of amides is 1. The second-order valence-electron chi connectivity index (χ2n) is 8.57. The minimum absolute atomic E-state index is 0.0561. The first-order chi connectivity index (χ1) is 16.0. The molecule has 0 radical (unpaired) electrons. The molecule has 1 amide bonds. The number of morpholine rings is 1. The normalized spacial score (nSPS) is 14.3. The van der Waals surface area contributed by atoms with Gasteiger partial charge >= 0.3 is 0 Å². The molecule has 33 heavy (non-hydrogen) atoms. The van der Waals surface area contributed by atoms with Gasteiger partial charge in [-0.25, -0.2) is 0 Å². The Kier molecular flexibility index (Phi) is 10.6. The summed E-state index contributed by atoms with van der Waals surface area (Å²) in [5.41, 5.74) is 1.13. The fourth-order valence-electron chi connectivity index (χ4n) is 3.86. The van der Waals surface area contributed by atoms with Crippen molar-refractivity contribution in [2.24, 2.45) is 0 Å². The van der Waals surface area contributed by atoms with E-state index >= 15 is 0 Å². The maximum Gasteiger partial charge on any atom is 0.242 e. The lowest BCUT2D eigenvalue weighted by molar-refractivity contribution is -0.132. The lowest BCUT2D eigenvalue weighted by Gasteiger charge is -2.30. The summed E-state index contributed by atoms with van der Waals surface area (Å²) in [5.74, 6) is 0.0561. The molecular formula is C25H36N4O2S2. The van der Waals surface area contributed by atoms with Gasteiger partial charge in [0.05, 0.1) is 26.3 Å². The summed E-state index contributed by atoms with van der Waals surface area (Å²) in [6, 6.07) is 14.4. The first-order valence-corrected chi connectivity index (χ1v) is 13.0. The number of hydrogen-bond donors (Lipinski definition) is 1. The number of nitrogens with zero attached hydrogens (tertiary/aromatic N) is 3. The van der Waals surface area contributed by atoms with Gasteiger partial charge in [-0.15, -0.1) is 11.3 Å². The number of rotatable bonds is 11. The Morgan fingerprint density at radius 3 is 2.58 bits per heavy atom. The summed E-state index contributed by atoms with van der Waals surface area (Å²) >= 11 is 7.47. The van der Waals surface area contributed by atoms with Crippen LogP contribution in [0.15, 0.2) is 47.8 Å². The zero-order valence-corrected chi connectivity index (χ0v) is 21.4. The van der Waals surface area contributed by atoms with Crippen molar-refractivity contribution in [3.05, 3.63) is 58.3 Å². The molecule has 1 N–H and O–H groups in total. The highest BCUT2D eigenvalue weighted by molar-refractivity contribution is 7.80. The molecular weight excluding hydrogens is 452 g/mol. The predicted molar refractivity (Wildman–Crippen MR) is 139 cm³/mol. The van der Waals surface area contributed by atoms with Crippen LogP contribution in [0, 0.1) is 0 Å². The molecule has 0 spiro atoms. The molecule has 2 aromatic rings. The van der Waals surface area contributed by atoms with Crippen molar-refractivity contribution in [2.45, 2.75) is 39.4 Å². The summed E-state index contributed by atoms with van der Waals surface area (Å²) in [6.45, 7) is 11.2. The van der Waals surface area contributed by atoms with Crippen LogP contribution < -0.4 is 5.32 Å². The van der Waals surface area contributed by atoms with E-state index < -0.39 is 0 Å². The van der Waals surface area contributed by atoms with E-state index in [4.69, 9.17) is 17.0 Å². The minimum atomic E-state index is 0.0561. The van der Waals surface area contributed by atoms with Crippen molar-refractivity contribution in [3.8, 4) is 0 Å². The number of carbonyl (C=O) groups is 1. The van der Waals surface area contributed by atoms with Crippen LogP contribution in [0.4, 0.5) is 0 Å². The van der Waals surface area contributed by atoms with Gasteiger partial charge in [0, 0.05) is 43.6 Å². The average Bonchev–Trinajstić information content (AvgIpc) is 3.34. The van der Waals surface area contributed by atoms with Crippen LogP contribution in [-0.2, 0) is 22.6 Å². The Bertz CT molecular complexity index is 839. The first-order valence-electron chi connectivity index (χ1n) is 11.7. The molecule has 0 aliphatic carbocycles. The van der Waals surface area contributed by atoms with Crippen LogP contribution in [0.1, 0.15) is 30.7 Å². The van der Waals surface area contributed by atoms with Crippen LogP contribution in [0.3, 0.4) is 0 Å². The number of hydrogen-bond acceptors (Lipinski definition) is 5. The van der Waals surface area contributed by atoms with E-state index in [1.54, 1.807) is 11.3 Å². The monoisotopic (exact) mass is 488 g/mol. The Labute approximate surface area is 207 Å². The van der Waals surface area contributed by atoms with Gasteiger partial charge in [0.25, 0.3) is 0 Å². The van der Waals surface area contributed by atoms with E-state index in [0.29, 0.717) is 11.7 Å². The molecule has 2 heterocycles. The molecule has 6 nitrogen and oxygen atoms in total. The van der Waals surface area contributed by atoms with Crippen LogP contribution >= 0.6 is 23.6 Å². The van der Waals surface area contributed by atoms with E-state index in [9.17, 15) is 4.79 Å². The first kappa shape index (κ1) is 25.6. The maximum absolute atomic E-state index is 13.0.